The molecule has 0 saturated heterocycles. The van der Waals surface area contributed by atoms with Gasteiger partial charge in [0.2, 0.25) is 0 Å². The van der Waals surface area contributed by atoms with Gasteiger partial charge in [-0.05, 0) is 23.1 Å². The van der Waals surface area contributed by atoms with Gasteiger partial charge in [0.1, 0.15) is 0 Å². The lowest BCUT2D eigenvalue weighted by Gasteiger charge is -2.04. The van der Waals surface area contributed by atoms with Gasteiger partial charge in [-0.1, -0.05) is 73.7 Å². The van der Waals surface area contributed by atoms with Crippen LogP contribution in [0, 0.1) is 0 Å². The molecule has 0 spiro atoms. The van der Waals surface area contributed by atoms with Crippen LogP contribution in [-0.4, -0.2) is 4.86 Å². The van der Waals surface area contributed by atoms with Crippen LogP contribution in [-0.2, 0) is 0 Å². The Morgan fingerprint density at radius 3 is 2.00 bits per heavy atom. The molecule has 0 heterocycles. The van der Waals surface area contributed by atoms with Gasteiger partial charge >= 0.3 is 0 Å². The van der Waals surface area contributed by atoms with Gasteiger partial charge in [-0.15, -0.1) is 0 Å². The van der Waals surface area contributed by atoms with Gasteiger partial charge in [0.25, 0.3) is 0 Å². The number of hydrogen-bond acceptors (Lipinski definition) is 1. The van der Waals surface area contributed by atoms with Crippen molar-refractivity contribution in [1.29, 1.82) is 0 Å². The molecule has 0 aliphatic carbocycles. The molecule has 0 atom stereocenters. The van der Waals surface area contributed by atoms with Gasteiger partial charge in [0.05, 0.1) is 0 Å². The van der Waals surface area contributed by atoms with Crippen molar-refractivity contribution in [2.75, 3.05) is 0 Å². The summed E-state index contributed by atoms with van der Waals surface area (Å²) in [5.41, 5.74) is 3.65. The minimum atomic E-state index is 0.931. The Balaban J connectivity index is 2.30. The highest BCUT2D eigenvalue weighted by Gasteiger charge is 1.99. The average molecular weight is 226 g/mol. The fourth-order valence-corrected chi connectivity index (χ4v) is 1.82. The molecular weight excluding hydrogens is 212 g/mol. The molecule has 80 valence electrons. The molecule has 2 aromatic carbocycles. The third-order valence-electron chi connectivity index (χ3n) is 2.64. The van der Waals surface area contributed by atoms with Gasteiger partial charge in [-0.25, -0.2) is 0 Å². The third-order valence-corrected chi connectivity index (χ3v) is 3.16. The van der Waals surface area contributed by atoms with Crippen LogP contribution in [0.25, 0.3) is 11.1 Å². The molecule has 0 unspecified atom stereocenters. The normalized spacial score (nSPS) is 10.1. The summed E-state index contributed by atoms with van der Waals surface area (Å²) in [5.74, 6) is 0. The number of rotatable bonds is 3. The summed E-state index contributed by atoms with van der Waals surface area (Å²) in [4.78, 5) is 1.03. The zero-order valence-electron chi connectivity index (χ0n) is 9.31. The largest absolute Gasteiger partial charge is 0.0843 e. The topological polar surface area (TPSA) is 0 Å². The Morgan fingerprint density at radius 1 is 0.875 bits per heavy atom. The van der Waals surface area contributed by atoms with Crippen LogP contribution in [0.15, 0.2) is 54.6 Å². The summed E-state index contributed by atoms with van der Waals surface area (Å²) in [6, 6.07) is 18.9. The number of hydrogen-bond donors (Lipinski definition) is 0. The SMILES string of the molecule is CCC(=S)c1ccc(-c2ccccc2)cc1. The van der Waals surface area contributed by atoms with E-state index in [1.165, 1.54) is 11.1 Å². The first kappa shape index (κ1) is 11.0. The van der Waals surface area contributed by atoms with Gasteiger partial charge in [-0.2, -0.15) is 0 Å². The van der Waals surface area contributed by atoms with Crippen molar-refractivity contribution in [3.05, 3.63) is 60.2 Å². The Bertz CT molecular complexity index is 469. The van der Waals surface area contributed by atoms with Crippen LogP contribution < -0.4 is 0 Å². The second kappa shape index (κ2) is 5.04. The van der Waals surface area contributed by atoms with E-state index in [0.29, 0.717) is 0 Å². The summed E-state index contributed by atoms with van der Waals surface area (Å²) >= 11 is 5.28. The Labute approximate surface area is 102 Å². The molecule has 0 fully saturated rings. The lowest BCUT2D eigenvalue weighted by Crippen LogP contribution is -1.93. The molecule has 0 N–H and O–H groups in total. The number of thiocarbonyl (C=S) groups is 1. The van der Waals surface area contributed by atoms with Crippen LogP contribution in [0.1, 0.15) is 18.9 Å². The molecule has 0 radical (unpaired) electrons. The maximum Gasteiger partial charge on any atom is 0.0221 e. The standard InChI is InChI=1S/C15H14S/c1-2-15(16)14-10-8-13(9-11-14)12-6-4-3-5-7-12/h3-11H,2H2,1H3. The first-order valence-electron chi connectivity index (χ1n) is 5.50. The first-order valence-corrected chi connectivity index (χ1v) is 5.91. The second-order valence-corrected chi connectivity index (χ2v) is 4.21. The Morgan fingerprint density at radius 2 is 1.44 bits per heavy atom. The zero-order chi connectivity index (χ0) is 11.4. The van der Waals surface area contributed by atoms with E-state index in [0.717, 1.165) is 16.8 Å². The van der Waals surface area contributed by atoms with Gasteiger partial charge in [0, 0.05) is 4.86 Å². The van der Waals surface area contributed by atoms with Crippen LogP contribution >= 0.6 is 12.2 Å². The van der Waals surface area contributed by atoms with E-state index in [4.69, 9.17) is 12.2 Å². The first-order chi connectivity index (χ1) is 7.81. The van der Waals surface area contributed by atoms with E-state index in [9.17, 15) is 0 Å². The highest BCUT2D eigenvalue weighted by molar-refractivity contribution is 7.80. The summed E-state index contributed by atoms with van der Waals surface area (Å²) in [6.45, 7) is 2.09. The molecular formula is C15H14S. The quantitative estimate of drug-likeness (QED) is 0.549. The predicted molar refractivity (Wildman–Crippen MR) is 73.9 cm³/mol. The van der Waals surface area contributed by atoms with Gasteiger partial charge < -0.3 is 0 Å². The molecule has 1 heteroatoms. The zero-order valence-corrected chi connectivity index (χ0v) is 10.1. The predicted octanol–water partition coefficient (Wildman–Crippen LogP) is 4.48. The summed E-state index contributed by atoms with van der Waals surface area (Å²) < 4.78 is 0. The van der Waals surface area contributed by atoms with Crippen molar-refractivity contribution in [2.45, 2.75) is 13.3 Å². The second-order valence-electron chi connectivity index (χ2n) is 3.72. The molecule has 0 saturated carbocycles. The maximum absolute atomic E-state index is 5.28. The molecule has 0 aliphatic heterocycles. The summed E-state index contributed by atoms with van der Waals surface area (Å²) in [5, 5.41) is 0. The average Bonchev–Trinajstić information content (AvgIpc) is 2.39. The van der Waals surface area contributed by atoms with E-state index in [1.54, 1.807) is 0 Å². The molecule has 16 heavy (non-hydrogen) atoms. The highest BCUT2D eigenvalue weighted by atomic mass is 32.1. The van der Waals surface area contributed by atoms with Crippen molar-refractivity contribution in [3.8, 4) is 11.1 Å². The van der Waals surface area contributed by atoms with Crippen LogP contribution in [0.2, 0.25) is 0 Å². The summed E-state index contributed by atoms with van der Waals surface area (Å²) in [6.07, 6.45) is 0.931. The van der Waals surface area contributed by atoms with E-state index in [1.807, 2.05) is 6.07 Å². The van der Waals surface area contributed by atoms with Crippen molar-refractivity contribution in [2.24, 2.45) is 0 Å². The fourth-order valence-electron chi connectivity index (χ4n) is 1.68. The molecule has 0 amide bonds. The Hall–Kier alpha value is -1.47. The van der Waals surface area contributed by atoms with Crippen LogP contribution in [0.3, 0.4) is 0 Å². The lowest BCUT2D eigenvalue weighted by molar-refractivity contribution is 1.31. The van der Waals surface area contributed by atoms with Crippen molar-refractivity contribution >= 4 is 17.1 Å². The van der Waals surface area contributed by atoms with Crippen LogP contribution in [0.5, 0.6) is 0 Å². The van der Waals surface area contributed by atoms with E-state index < -0.39 is 0 Å². The Kier molecular flexibility index (Phi) is 3.47. The minimum absolute atomic E-state index is 0.931. The van der Waals surface area contributed by atoms with E-state index in [-0.39, 0.29) is 0 Å². The molecule has 2 aromatic rings. The number of benzene rings is 2. The molecule has 0 nitrogen and oxygen atoms in total. The van der Waals surface area contributed by atoms with E-state index in [2.05, 4.69) is 55.5 Å². The van der Waals surface area contributed by atoms with Crippen molar-refractivity contribution < 1.29 is 0 Å². The molecule has 0 aliphatic rings. The maximum atomic E-state index is 5.28. The molecule has 0 aromatic heterocycles. The monoisotopic (exact) mass is 226 g/mol. The molecule has 0 bridgehead atoms. The molecule has 2 rings (SSSR count). The van der Waals surface area contributed by atoms with Crippen molar-refractivity contribution in [1.82, 2.24) is 0 Å². The van der Waals surface area contributed by atoms with Crippen molar-refractivity contribution in [3.63, 3.8) is 0 Å². The highest BCUT2D eigenvalue weighted by Crippen LogP contribution is 2.19. The third kappa shape index (κ3) is 2.37. The van der Waals surface area contributed by atoms with Crippen LogP contribution in [0.4, 0.5) is 0 Å². The summed E-state index contributed by atoms with van der Waals surface area (Å²) in [7, 11) is 0. The smallest absolute Gasteiger partial charge is 0.0221 e. The lowest BCUT2D eigenvalue weighted by atomic mass is 10.0. The van der Waals surface area contributed by atoms with E-state index >= 15 is 0 Å². The fraction of sp³-hybridized carbons (Fsp3) is 0.133. The van der Waals surface area contributed by atoms with Gasteiger partial charge in [-0.3, -0.25) is 0 Å². The minimum Gasteiger partial charge on any atom is -0.0843 e. The van der Waals surface area contributed by atoms with Gasteiger partial charge in [0.15, 0.2) is 0 Å².